The number of rotatable bonds is 4. The summed E-state index contributed by atoms with van der Waals surface area (Å²) in [7, 11) is -2.29. The second kappa shape index (κ2) is 8.83. The maximum absolute atomic E-state index is 13.5. The Morgan fingerprint density at radius 2 is 1.76 bits per heavy atom. The summed E-state index contributed by atoms with van der Waals surface area (Å²) in [6.45, 7) is 2.08. The third kappa shape index (κ3) is 4.02. The van der Waals surface area contributed by atoms with E-state index in [4.69, 9.17) is 4.74 Å². The first kappa shape index (κ1) is 22.0. The number of carbonyl (C=O) groups is 1. The van der Waals surface area contributed by atoms with Crippen LogP contribution in [0, 0.1) is 0 Å². The number of para-hydroxylation sites is 1. The van der Waals surface area contributed by atoms with Gasteiger partial charge in [-0.25, -0.2) is 8.42 Å². The topological polar surface area (TPSA) is 82.7 Å². The zero-order valence-electron chi connectivity index (χ0n) is 18.8. The van der Waals surface area contributed by atoms with Crippen LogP contribution in [-0.2, 0) is 23.0 Å². The third-order valence-electron chi connectivity index (χ3n) is 6.76. The van der Waals surface area contributed by atoms with Gasteiger partial charge in [0.25, 0.3) is 5.91 Å². The van der Waals surface area contributed by atoms with E-state index in [1.807, 2.05) is 18.2 Å². The van der Waals surface area contributed by atoms with Crippen LogP contribution in [0.4, 0.5) is 0 Å². The molecule has 2 aromatic carbocycles. The van der Waals surface area contributed by atoms with Crippen LogP contribution in [0.3, 0.4) is 0 Å². The lowest BCUT2D eigenvalue weighted by atomic mass is 10.0. The van der Waals surface area contributed by atoms with E-state index in [0.717, 1.165) is 48.6 Å². The van der Waals surface area contributed by atoms with Gasteiger partial charge in [0.2, 0.25) is 10.0 Å². The van der Waals surface area contributed by atoms with Crippen LogP contribution in [0.5, 0.6) is 5.75 Å². The number of ether oxygens (including phenoxy) is 1. The van der Waals surface area contributed by atoms with E-state index in [1.54, 1.807) is 17.0 Å². The predicted octanol–water partition coefficient (Wildman–Crippen LogP) is 3.94. The summed E-state index contributed by atoms with van der Waals surface area (Å²) in [5.74, 6) is 0.106. The molecule has 33 heavy (non-hydrogen) atoms. The fourth-order valence-electron chi connectivity index (χ4n) is 4.95. The largest absolute Gasteiger partial charge is 0.495 e. The molecule has 0 atom stereocenters. The van der Waals surface area contributed by atoms with Crippen LogP contribution in [-0.4, -0.2) is 55.3 Å². The van der Waals surface area contributed by atoms with E-state index in [0.29, 0.717) is 31.7 Å². The molecule has 0 bridgehead atoms. The Hall–Kier alpha value is -2.84. The minimum atomic E-state index is -3.75. The lowest BCUT2D eigenvalue weighted by molar-refractivity contribution is 0.0735. The molecule has 2 aliphatic heterocycles. The highest BCUT2D eigenvalue weighted by molar-refractivity contribution is 7.89. The van der Waals surface area contributed by atoms with Crippen molar-refractivity contribution in [3.63, 3.8) is 0 Å². The molecule has 1 aromatic heterocycles. The molecule has 0 unspecified atom stereocenters. The fourth-order valence-corrected chi connectivity index (χ4v) is 6.65. The van der Waals surface area contributed by atoms with Gasteiger partial charge >= 0.3 is 0 Å². The number of fused-ring (bicyclic) bond motifs is 3. The third-order valence-corrected chi connectivity index (χ3v) is 8.68. The van der Waals surface area contributed by atoms with Crippen LogP contribution >= 0.6 is 0 Å². The number of aromatic amines is 1. The lowest BCUT2D eigenvalue weighted by Gasteiger charge is -2.28. The minimum absolute atomic E-state index is 0.0718. The van der Waals surface area contributed by atoms with Crippen molar-refractivity contribution in [2.45, 2.75) is 43.5 Å². The summed E-state index contributed by atoms with van der Waals surface area (Å²) >= 11 is 0. The lowest BCUT2D eigenvalue weighted by Crippen LogP contribution is -2.36. The molecule has 3 heterocycles. The molecule has 8 heteroatoms. The van der Waals surface area contributed by atoms with Gasteiger partial charge in [-0.3, -0.25) is 4.79 Å². The van der Waals surface area contributed by atoms with Crippen LogP contribution in [0.15, 0.2) is 47.4 Å². The van der Waals surface area contributed by atoms with E-state index in [9.17, 15) is 13.2 Å². The standard InChI is InChI=1S/C25H29N3O4S/c1-32-23-11-10-18(16-24(23)33(30,31)28-13-6-2-3-7-14-28)25(29)27-15-12-22-20(17-27)19-8-4-5-9-21(19)26-22/h4-5,8-11,16,26H,2-3,6-7,12-15,17H2,1H3. The molecule has 174 valence electrons. The number of amides is 1. The molecular formula is C25H29N3O4S. The zero-order chi connectivity index (χ0) is 23.0. The van der Waals surface area contributed by atoms with E-state index in [2.05, 4.69) is 11.1 Å². The molecule has 3 aromatic rings. The second-order valence-corrected chi connectivity index (χ2v) is 10.7. The molecule has 0 saturated carbocycles. The quantitative estimate of drug-likeness (QED) is 0.630. The van der Waals surface area contributed by atoms with E-state index in [-0.39, 0.29) is 16.6 Å². The molecule has 1 amide bonds. The highest BCUT2D eigenvalue weighted by Crippen LogP contribution is 2.32. The predicted molar refractivity (Wildman–Crippen MR) is 127 cm³/mol. The summed E-state index contributed by atoms with van der Waals surface area (Å²) in [5.41, 5.74) is 3.75. The first-order valence-corrected chi connectivity index (χ1v) is 13.0. The van der Waals surface area contributed by atoms with Crippen molar-refractivity contribution in [2.24, 2.45) is 0 Å². The first-order chi connectivity index (χ1) is 16.0. The van der Waals surface area contributed by atoms with Crippen molar-refractivity contribution in [1.82, 2.24) is 14.2 Å². The van der Waals surface area contributed by atoms with Crippen molar-refractivity contribution >= 4 is 26.8 Å². The normalized spacial score (nSPS) is 17.5. The molecule has 1 N–H and O–H groups in total. The average molecular weight is 468 g/mol. The van der Waals surface area contributed by atoms with Gasteiger partial charge in [0.1, 0.15) is 10.6 Å². The number of nitrogens with zero attached hydrogens (tertiary/aromatic N) is 2. The number of carbonyl (C=O) groups excluding carboxylic acids is 1. The van der Waals surface area contributed by atoms with Gasteiger partial charge in [-0.15, -0.1) is 0 Å². The fraction of sp³-hybridized carbons (Fsp3) is 0.400. The molecule has 1 saturated heterocycles. The molecular weight excluding hydrogens is 438 g/mol. The Bertz CT molecular complexity index is 1290. The number of methoxy groups -OCH3 is 1. The molecule has 7 nitrogen and oxygen atoms in total. The number of benzene rings is 2. The number of sulfonamides is 1. The second-order valence-electron chi connectivity index (χ2n) is 8.79. The van der Waals surface area contributed by atoms with Crippen LogP contribution in [0.25, 0.3) is 10.9 Å². The van der Waals surface area contributed by atoms with Gasteiger partial charge in [-0.2, -0.15) is 4.31 Å². The Morgan fingerprint density at radius 3 is 2.52 bits per heavy atom. The minimum Gasteiger partial charge on any atom is -0.495 e. The Balaban J connectivity index is 1.45. The number of H-pyrrole nitrogens is 1. The van der Waals surface area contributed by atoms with Gasteiger partial charge < -0.3 is 14.6 Å². The average Bonchev–Trinajstić information content (AvgIpc) is 2.99. The Labute approximate surface area is 194 Å². The van der Waals surface area contributed by atoms with Gasteiger partial charge in [-0.05, 0) is 37.1 Å². The summed E-state index contributed by atoms with van der Waals surface area (Å²) in [4.78, 5) is 18.8. The van der Waals surface area contributed by atoms with Gasteiger partial charge in [0.15, 0.2) is 0 Å². The zero-order valence-corrected chi connectivity index (χ0v) is 19.7. The number of hydrogen-bond donors (Lipinski definition) is 1. The monoisotopic (exact) mass is 467 g/mol. The van der Waals surface area contributed by atoms with Crippen molar-refractivity contribution in [2.75, 3.05) is 26.7 Å². The summed E-state index contributed by atoms with van der Waals surface area (Å²) in [5, 5.41) is 1.13. The highest BCUT2D eigenvalue weighted by atomic mass is 32.2. The van der Waals surface area contributed by atoms with E-state index < -0.39 is 10.0 Å². The Morgan fingerprint density at radius 1 is 1.00 bits per heavy atom. The van der Waals surface area contributed by atoms with Crippen molar-refractivity contribution < 1.29 is 17.9 Å². The van der Waals surface area contributed by atoms with Crippen molar-refractivity contribution in [3.8, 4) is 5.75 Å². The summed E-state index contributed by atoms with van der Waals surface area (Å²) in [6.07, 6.45) is 4.51. The SMILES string of the molecule is COc1ccc(C(=O)N2CCc3[nH]c4ccccc4c3C2)cc1S(=O)(=O)N1CCCCCC1. The Kier molecular flexibility index (Phi) is 5.88. The molecule has 0 aliphatic carbocycles. The smallest absolute Gasteiger partial charge is 0.254 e. The van der Waals surface area contributed by atoms with Crippen LogP contribution < -0.4 is 4.74 Å². The van der Waals surface area contributed by atoms with Crippen LogP contribution in [0.2, 0.25) is 0 Å². The van der Waals surface area contributed by atoms with Crippen LogP contribution in [0.1, 0.15) is 47.3 Å². The molecule has 0 radical (unpaired) electrons. The molecule has 1 fully saturated rings. The van der Waals surface area contributed by atoms with Crippen molar-refractivity contribution in [1.29, 1.82) is 0 Å². The first-order valence-electron chi connectivity index (χ1n) is 11.5. The maximum Gasteiger partial charge on any atom is 0.254 e. The van der Waals surface area contributed by atoms with E-state index >= 15 is 0 Å². The van der Waals surface area contributed by atoms with Gasteiger partial charge in [-0.1, -0.05) is 31.0 Å². The molecule has 0 spiro atoms. The van der Waals surface area contributed by atoms with Gasteiger partial charge in [0.05, 0.1) is 7.11 Å². The highest BCUT2D eigenvalue weighted by Gasteiger charge is 2.31. The summed E-state index contributed by atoms with van der Waals surface area (Å²) < 4.78 is 33.8. The number of aromatic nitrogens is 1. The number of nitrogens with one attached hydrogen (secondary N) is 1. The van der Waals surface area contributed by atoms with Gasteiger partial charge in [0, 0.05) is 60.3 Å². The van der Waals surface area contributed by atoms with Crippen molar-refractivity contribution in [3.05, 3.63) is 59.3 Å². The maximum atomic E-state index is 13.5. The van der Waals surface area contributed by atoms with E-state index in [1.165, 1.54) is 23.2 Å². The summed E-state index contributed by atoms with van der Waals surface area (Å²) in [6, 6.07) is 12.9. The molecule has 5 rings (SSSR count). The molecule has 2 aliphatic rings. The number of hydrogen-bond acceptors (Lipinski definition) is 4.